The average Bonchev–Trinajstić information content (AvgIpc) is 3.33. The van der Waals surface area contributed by atoms with Gasteiger partial charge in [-0.2, -0.15) is 0 Å². The molecule has 2 amide bonds. The van der Waals surface area contributed by atoms with E-state index in [9.17, 15) is 9.59 Å². The highest BCUT2D eigenvalue weighted by atomic mass is 32.1. The van der Waals surface area contributed by atoms with Crippen LogP contribution in [-0.4, -0.2) is 57.8 Å². The van der Waals surface area contributed by atoms with Crippen molar-refractivity contribution < 1.29 is 9.59 Å². The Balaban J connectivity index is 1.30. The minimum Gasteiger partial charge on any atom is -0.345 e. The monoisotopic (exact) mass is 368 g/mol. The molecule has 1 aliphatic heterocycles. The normalized spacial score (nSPS) is 14.8. The summed E-state index contributed by atoms with van der Waals surface area (Å²) in [6.45, 7) is 2.41. The smallest absolute Gasteiger partial charge is 0.227 e. The molecule has 0 bridgehead atoms. The van der Waals surface area contributed by atoms with Gasteiger partial charge in [-0.25, -0.2) is 4.98 Å². The zero-order valence-electron chi connectivity index (χ0n) is 14.4. The summed E-state index contributed by atoms with van der Waals surface area (Å²) in [5, 5.41) is 1.99. The summed E-state index contributed by atoms with van der Waals surface area (Å²) >= 11 is 1.60. The summed E-state index contributed by atoms with van der Waals surface area (Å²) in [4.78, 5) is 37.0. The van der Waals surface area contributed by atoms with Gasteiger partial charge in [0.05, 0.1) is 30.2 Å². The van der Waals surface area contributed by atoms with E-state index in [0.717, 1.165) is 21.5 Å². The van der Waals surface area contributed by atoms with Crippen molar-refractivity contribution in [1.82, 2.24) is 19.8 Å². The molecule has 1 aliphatic rings. The van der Waals surface area contributed by atoms with Crippen LogP contribution in [0.25, 0.3) is 11.0 Å². The third kappa shape index (κ3) is 3.62. The van der Waals surface area contributed by atoms with Crippen LogP contribution in [0.3, 0.4) is 0 Å². The van der Waals surface area contributed by atoms with Crippen molar-refractivity contribution in [2.45, 2.75) is 12.8 Å². The number of rotatable bonds is 4. The standard InChI is InChI=1S/C19H20N4O2S/c24-18(11-14-3-4-16-17(10-14)21-13-20-16)22-5-7-23(8-6-22)19(25)12-15-2-1-9-26-15/h1-4,9-10,13H,5-8,11-12H2,(H,20,21). The zero-order chi connectivity index (χ0) is 17.9. The summed E-state index contributed by atoms with van der Waals surface area (Å²) in [5.74, 6) is 0.249. The van der Waals surface area contributed by atoms with Crippen molar-refractivity contribution in [2.75, 3.05) is 26.2 Å². The number of hydrogen-bond acceptors (Lipinski definition) is 4. The van der Waals surface area contributed by atoms with Crippen LogP contribution in [0.15, 0.2) is 42.0 Å². The number of carbonyl (C=O) groups excluding carboxylic acids is 2. The number of fused-ring (bicyclic) bond motifs is 1. The molecule has 134 valence electrons. The molecule has 0 saturated carbocycles. The topological polar surface area (TPSA) is 69.3 Å². The van der Waals surface area contributed by atoms with Crippen LogP contribution in [-0.2, 0) is 22.4 Å². The molecule has 1 N–H and O–H groups in total. The van der Waals surface area contributed by atoms with Gasteiger partial charge in [0, 0.05) is 31.1 Å². The average molecular weight is 368 g/mol. The molecule has 26 heavy (non-hydrogen) atoms. The quantitative estimate of drug-likeness (QED) is 0.767. The third-order valence-electron chi connectivity index (χ3n) is 4.73. The van der Waals surface area contributed by atoms with E-state index in [2.05, 4.69) is 9.97 Å². The van der Waals surface area contributed by atoms with Gasteiger partial charge in [-0.05, 0) is 29.1 Å². The van der Waals surface area contributed by atoms with E-state index in [1.54, 1.807) is 17.7 Å². The van der Waals surface area contributed by atoms with Crippen molar-refractivity contribution in [3.8, 4) is 0 Å². The fraction of sp³-hybridized carbons (Fsp3) is 0.316. The predicted octanol–water partition coefficient (Wildman–Crippen LogP) is 2.08. The first-order valence-corrected chi connectivity index (χ1v) is 9.57. The molecule has 1 saturated heterocycles. The molecule has 0 spiro atoms. The van der Waals surface area contributed by atoms with Crippen LogP contribution >= 0.6 is 11.3 Å². The number of carbonyl (C=O) groups is 2. The molecule has 1 aromatic carbocycles. The van der Waals surface area contributed by atoms with Gasteiger partial charge >= 0.3 is 0 Å². The highest BCUT2D eigenvalue weighted by Crippen LogP contribution is 2.15. The van der Waals surface area contributed by atoms with Crippen LogP contribution < -0.4 is 0 Å². The molecule has 4 rings (SSSR count). The Morgan fingerprint density at radius 2 is 1.77 bits per heavy atom. The number of hydrogen-bond donors (Lipinski definition) is 1. The fourth-order valence-electron chi connectivity index (χ4n) is 3.26. The highest BCUT2D eigenvalue weighted by Gasteiger charge is 2.24. The summed E-state index contributed by atoms with van der Waals surface area (Å²) in [5.41, 5.74) is 2.82. The van der Waals surface area contributed by atoms with Crippen molar-refractivity contribution >= 4 is 34.2 Å². The fourth-order valence-corrected chi connectivity index (χ4v) is 3.95. The number of piperazine rings is 1. The Labute approximate surface area is 155 Å². The van der Waals surface area contributed by atoms with Gasteiger partial charge in [0.15, 0.2) is 0 Å². The predicted molar refractivity (Wildman–Crippen MR) is 101 cm³/mol. The number of imidazole rings is 1. The van der Waals surface area contributed by atoms with Crippen molar-refractivity contribution in [1.29, 1.82) is 0 Å². The Morgan fingerprint density at radius 1 is 1.04 bits per heavy atom. The summed E-state index contributed by atoms with van der Waals surface area (Å²) < 4.78 is 0. The van der Waals surface area contributed by atoms with Crippen molar-refractivity contribution in [2.24, 2.45) is 0 Å². The molecular formula is C19H20N4O2S. The number of benzene rings is 1. The van der Waals surface area contributed by atoms with Crippen LogP contribution in [0.1, 0.15) is 10.4 Å². The van der Waals surface area contributed by atoms with Gasteiger partial charge in [-0.1, -0.05) is 12.1 Å². The summed E-state index contributed by atoms with van der Waals surface area (Å²) in [7, 11) is 0. The second-order valence-corrected chi connectivity index (χ2v) is 7.48. The van der Waals surface area contributed by atoms with Crippen LogP contribution in [0.5, 0.6) is 0 Å². The molecule has 7 heteroatoms. The maximum atomic E-state index is 12.6. The molecule has 0 atom stereocenters. The van der Waals surface area contributed by atoms with Crippen LogP contribution in [0.2, 0.25) is 0 Å². The third-order valence-corrected chi connectivity index (χ3v) is 5.61. The number of aromatic amines is 1. The molecule has 1 fully saturated rings. The number of thiophene rings is 1. The molecule has 3 heterocycles. The Morgan fingerprint density at radius 3 is 2.46 bits per heavy atom. The van der Waals surface area contributed by atoms with E-state index in [0.29, 0.717) is 39.0 Å². The first-order valence-electron chi connectivity index (χ1n) is 8.69. The van der Waals surface area contributed by atoms with Crippen LogP contribution in [0, 0.1) is 0 Å². The maximum Gasteiger partial charge on any atom is 0.227 e. The van der Waals surface area contributed by atoms with E-state index in [-0.39, 0.29) is 11.8 Å². The van der Waals surface area contributed by atoms with Gasteiger partial charge in [0.25, 0.3) is 0 Å². The lowest BCUT2D eigenvalue weighted by Gasteiger charge is -2.35. The second-order valence-electron chi connectivity index (χ2n) is 6.45. The van der Waals surface area contributed by atoms with Gasteiger partial charge in [0.2, 0.25) is 11.8 Å². The Hall–Kier alpha value is -2.67. The van der Waals surface area contributed by atoms with E-state index in [1.807, 2.05) is 45.5 Å². The Bertz CT molecular complexity index is 911. The lowest BCUT2D eigenvalue weighted by Crippen LogP contribution is -2.51. The van der Waals surface area contributed by atoms with E-state index in [1.165, 1.54) is 0 Å². The van der Waals surface area contributed by atoms with E-state index in [4.69, 9.17) is 0 Å². The highest BCUT2D eigenvalue weighted by molar-refractivity contribution is 7.10. The van der Waals surface area contributed by atoms with Crippen molar-refractivity contribution in [3.63, 3.8) is 0 Å². The minimum atomic E-state index is 0.106. The summed E-state index contributed by atoms with van der Waals surface area (Å²) in [6, 6.07) is 9.79. The lowest BCUT2D eigenvalue weighted by atomic mass is 10.1. The van der Waals surface area contributed by atoms with E-state index < -0.39 is 0 Å². The second kappa shape index (κ2) is 7.29. The first-order chi connectivity index (χ1) is 12.7. The van der Waals surface area contributed by atoms with E-state index >= 15 is 0 Å². The number of amides is 2. The Kier molecular flexibility index (Phi) is 4.71. The number of nitrogens with zero attached hydrogens (tertiary/aromatic N) is 3. The number of aromatic nitrogens is 2. The lowest BCUT2D eigenvalue weighted by molar-refractivity contribution is -0.138. The molecule has 0 aliphatic carbocycles. The largest absolute Gasteiger partial charge is 0.345 e. The van der Waals surface area contributed by atoms with Crippen molar-refractivity contribution in [3.05, 3.63) is 52.5 Å². The molecule has 0 unspecified atom stereocenters. The number of nitrogens with one attached hydrogen (secondary N) is 1. The van der Waals surface area contributed by atoms with Gasteiger partial charge in [-0.15, -0.1) is 11.3 Å². The minimum absolute atomic E-state index is 0.106. The molecule has 6 nitrogen and oxygen atoms in total. The molecule has 0 radical (unpaired) electrons. The molecular weight excluding hydrogens is 348 g/mol. The van der Waals surface area contributed by atoms with Gasteiger partial charge in [-0.3, -0.25) is 9.59 Å². The zero-order valence-corrected chi connectivity index (χ0v) is 15.2. The number of H-pyrrole nitrogens is 1. The van der Waals surface area contributed by atoms with Gasteiger partial charge in [0.1, 0.15) is 0 Å². The maximum absolute atomic E-state index is 12.6. The summed E-state index contributed by atoms with van der Waals surface area (Å²) in [6.07, 6.45) is 2.48. The first kappa shape index (κ1) is 16.8. The van der Waals surface area contributed by atoms with Crippen LogP contribution in [0.4, 0.5) is 0 Å². The molecule has 2 aromatic heterocycles. The van der Waals surface area contributed by atoms with Gasteiger partial charge < -0.3 is 14.8 Å². The molecule has 3 aromatic rings. The SMILES string of the molecule is O=C(Cc1ccc2nc[nH]c2c1)N1CCN(C(=O)Cc2cccs2)CC1.